The van der Waals surface area contributed by atoms with Crippen molar-refractivity contribution in [3.05, 3.63) is 63.9 Å². The molecule has 2 atom stereocenters. The minimum absolute atomic E-state index is 0.0748. The van der Waals surface area contributed by atoms with Crippen LogP contribution in [0.2, 0.25) is 5.02 Å². The van der Waals surface area contributed by atoms with Crippen molar-refractivity contribution in [2.75, 3.05) is 13.2 Å². The highest BCUT2D eigenvalue weighted by atomic mass is 35.5. The summed E-state index contributed by atoms with van der Waals surface area (Å²) in [7, 11) is 0. The second-order valence-corrected chi connectivity index (χ2v) is 7.77. The number of fused-ring (bicyclic) bond motifs is 2. The molecule has 4 nitrogen and oxygen atoms in total. The number of pyridine rings is 1. The van der Waals surface area contributed by atoms with Gasteiger partial charge in [-0.3, -0.25) is 9.98 Å². The Bertz CT molecular complexity index is 946. The molecule has 4 rings (SSSR count). The van der Waals surface area contributed by atoms with Crippen LogP contribution in [0.4, 0.5) is 4.39 Å². The maximum atomic E-state index is 16.6. The number of alkyl halides is 1. The lowest BCUT2D eigenvalue weighted by molar-refractivity contribution is -0.135. The largest absolute Gasteiger partial charge is 0.462 e. The maximum Gasteiger partial charge on any atom is 0.352 e. The monoisotopic (exact) mass is 400 g/mol. The summed E-state index contributed by atoms with van der Waals surface area (Å²) in [6, 6.07) is 9.52. The number of hydrogen-bond acceptors (Lipinski definition) is 4. The molecule has 2 aliphatic rings. The van der Waals surface area contributed by atoms with Crippen molar-refractivity contribution in [2.45, 2.75) is 44.2 Å². The molecule has 1 aliphatic heterocycles. The van der Waals surface area contributed by atoms with Crippen molar-refractivity contribution >= 4 is 23.3 Å². The smallest absolute Gasteiger partial charge is 0.352 e. The molecule has 0 bridgehead atoms. The number of benzene rings is 1. The highest BCUT2D eigenvalue weighted by Gasteiger charge is 2.47. The van der Waals surface area contributed by atoms with Gasteiger partial charge in [0.15, 0.2) is 0 Å². The number of aromatic nitrogens is 1. The van der Waals surface area contributed by atoms with E-state index in [1.165, 1.54) is 0 Å². The molecule has 0 fully saturated rings. The van der Waals surface area contributed by atoms with E-state index in [1.54, 1.807) is 19.2 Å². The van der Waals surface area contributed by atoms with E-state index in [1.807, 2.05) is 24.3 Å². The Kier molecular flexibility index (Phi) is 5.19. The Morgan fingerprint density at radius 3 is 2.96 bits per heavy atom. The van der Waals surface area contributed by atoms with Crippen LogP contribution < -0.4 is 0 Å². The average molecular weight is 401 g/mol. The summed E-state index contributed by atoms with van der Waals surface area (Å²) in [6.07, 6.45) is 3.43. The molecule has 1 aromatic heterocycles. The van der Waals surface area contributed by atoms with Gasteiger partial charge >= 0.3 is 5.97 Å². The van der Waals surface area contributed by atoms with E-state index in [0.29, 0.717) is 5.02 Å². The summed E-state index contributed by atoms with van der Waals surface area (Å²) in [5.41, 5.74) is 2.23. The lowest BCUT2D eigenvalue weighted by atomic mass is 9.73. The van der Waals surface area contributed by atoms with Gasteiger partial charge in [0.05, 0.1) is 18.2 Å². The number of ether oxygens (including phenoxy) is 1. The van der Waals surface area contributed by atoms with Crippen molar-refractivity contribution in [3.8, 4) is 0 Å². The molecular formula is C22H22ClFN2O2. The predicted octanol–water partition coefficient (Wildman–Crippen LogP) is 4.47. The molecule has 146 valence electrons. The van der Waals surface area contributed by atoms with Gasteiger partial charge in [0.1, 0.15) is 11.4 Å². The summed E-state index contributed by atoms with van der Waals surface area (Å²) in [5.74, 6) is -1.10. The van der Waals surface area contributed by atoms with Crippen LogP contribution in [0, 0.1) is 0 Å². The van der Waals surface area contributed by atoms with Gasteiger partial charge in [-0.05, 0) is 54.7 Å². The van der Waals surface area contributed by atoms with Gasteiger partial charge in [0.25, 0.3) is 0 Å². The van der Waals surface area contributed by atoms with Crippen LogP contribution in [0.3, 0.4) is 0 Å². The Morgan fingerprint density at radius 1 is 1.32 bits per heavy atom. The van der Waals surface area contributed by atoms with Gasteiger partial charge in [0, 0.05) is 30.6 Å². The van der Waals surface area contributed by atoms with Crippen molar-refractivity contribution in [1.82, 2.24) is 4.98 Å². The molecular weight excluding hydrogens is 379 g/mol. The maximum absolute atomic E-state index is 16.6. The third-order valence-corrected chi connectivity index (χ3v) is 5.83. The Morgan fingerprint density at radius 2 is 2.14 bits per heavy atom. The predicted molar refractivity (Wildman–Crippen MR) is 107 cm³/mol. The number of aliphatic imine (C=N–C) groups is 1. The molecule has 0 saturated heterocycles. The van der Waals surface area contributed by atoms with Gasteiger partial charge in [-0.2, -0.15) is 0 Å². The first-order chi connectivity index (χ1) is 13.5. The van der Waals surface area contributed by atoms with Gasteiger partial charge in [0.2, 0.25) is 0 Å². The summed E-state index contributed by atoms with van der Waals surface area (Å²) < 4.78 is 21.7. The molecule has 0 saturated carbocycles. The summed E-state index contributed by atoms with van der Waals surface area (Å²) in [5, 5.41) is 0.641. The highest BCUT2D eigenvalue weighted by Crippen LogP contribution is 2.47. The van der Waals surface area contributed by atoms with E-state index >= 15 is 4.39 Å². The Balaban J connectivity index is 1.82. The minimum Gasteiger partial charge on any atom is -0.462 e. The van der Waals surface area contributed by atoms with Crippen molar-refractivity contribution in [2.24, 2.45) is 4.99 Å². The Labute approximate surface area is 168 Å². The second-order valence-electron chi connectivity index (χ2n) is 7.33. The number of rotatable bonds is 3. The van der Waals surface area contributed by atoms with Crippen LogP contribution in [0.25, 0.3) is 0 Å². The first-order valence-electron chi connectivity index (χ1n) is 9.63. The number of carbonyl (C=O) groups is 1. The molecule has 1 aromatic carbocycles. The van der Waals surface area contributed by atoms with E-state index in [9.17, 15) is 4.79 Å². The molecule has 2 heterocycles. The third kappa shape index (κ3) is 3.44. The van der Waals surface area contributed by atoms with Crippen LogP contribution in [0.15, 0.2) is 41.5 Å². The van der Waals surface area contributed by atoms with Crippen molar-refractivity contribution in [3.63, 3.8) is 0 Å². The first-order valence-corrected chi connectivity index (χ1v) is 10.0. The SMILES string of the molecule is CCOC(=O)C1=NCCC(F)(C2c3ccc(Cl)cc3CCc3cccnc32)C1. The van der Waals surface area contributed by atoms with Crippen LogP contribution in [0.5, 0.6) is 0 Å². The van der Waals surface area contributed by atoms with E-state index in [4.69, 9.17) is 16.3 Å². The number of halogens is 2. The fraction of sp³-hybridized carbons (Fsp3) is 0.409. The fourth-order valence-electron chi connectivity index (χ4n) is 4.33. The number of aryl methyl sites for hydroxylation is 2. The average Bonchev–Trinajstić information content (AvgIpc) is 2.85. The molecule has 0 amide bonds. The topological polar surface area (TPSA) is 51.5 Å². The number of hydrogen-bond donors (Lipinski definition) is 0. The zero-order valence-electron chi connectivity index (χ0n) is 15.8. The summed E-state index contributed by atoms with van der Waals surface area (Å²) in [6.45, 7) is 2.23. The van der Waals surface area contributed by atoms with Gasteiger partial charge in [-0.25, -0.2) is 9.18 Å². The molecule has 28 heavy (non-hydrogen) atoms. The molecule has 2 unspecified atom stereocenters. The zero-order valence-corrected chi connectivity index (χ0v) is 16.5. The quantitative estimate of drug-likeness (QED) is 0.714. The molecule has 1 aliphatic carbocycles. The number of esters is 1. The molecule has 0 spiro atoms. The molecule has 0 radical (unpaired) electrons. The van der Waals surface area contributed by atoms with E-state index in [0.717, 1.165) is 35.2 Å². The lowest BCUT2D eigenvalue weighted by Gasteiger charge is -2.36. The molecule has 2 aromatic rings. The van der Waals surface area contributed by atoms with Crippen LogP contribution >= 0.6 is 11.6 Å². The third-order valence-electron chi connectivity index (χ3n) is 5.60. The number of carbonyl (C=O) groups excluding carboxylic acids is 1. The van der Waals surface area contributed by atoms with Gasteiger partial charge in [-0.1, -0.05) is 23.7 Å². The second kappa shape index (κ2) is 7.63. The van der Waals surface area contributed by atoms with Crippen molar-refractivity contribution in [1.29, 1.82) is 0 Å². The van der Waals surface area contributed by atoms with E-state index in [2.05, 4.69) is 9.98 Å². The summed E-state index contributed by atoms with van der Waals surface area (Å²) in [4.78, 5) is 21.0. The van der Waals surface area contributed by atoms with Crippen molar-refractivity contribution < 1.29 is 13.9 Å². The lowest BCUT2D eigenvalue weighted by Crippen LogP contribution is -2.41. The van der Waals surface area contributed by atoms with E-state index in [-0.39, 0.29) is 31.7 Å². The van der Waals surface area contributed by atoms with E-state index < -0.39 is 17.6 Å². The molecule has 6 heteroatoms. The number of nitrogens with zero attached hydrogens (tertiary/aromatic N) is 2. The normalized spacial score (nSPS) is 23.8. The van der Waals surface area contributed by atoms with Gasteiger partial charge < -0.3 is 4.74 Å². The van der Waals surface area contributed by atoms with Crippen LogP contribution in [-0.4, -0.2) is 35.5 Å². The first kappa shape index (κ1) is 19.1. The fourth-order valence-corrected chi connectivity index (χ4v) is 4.53. The summed E-state index contributed by atoms with van der Waals surface area (Å²) >= 11 is 6.22. The molecule has 0 N–H and O–H groups in total. The van der Waals surface area contributed by atoms with Crippen LogP contribution in [-0.2, 0) is 22.4 Å². The van der Waals surface area contributed by atoms with Gasteiger partial charge in [-0.15, -0.1) is 0 Å². The standard InChI is InChI=1S/C22H22ClFN2O2/c1-2-28-21(27)18-13-22(24,9-11-25-18)19-17-8-7-16(23)12-15(17)6-5-14-4-3-10-26-20(14)19/h3-4,7-8,10,12,19H,2,5-6,9,11,13H2,1H3. The zero-order chi connectivity index (χ0) is 19.7. The Hall–Kier alpha value is -2.27. The highest BCUT2D eigenvalue weighted by molar-refractivity contribution is 6.36. The van der Waals surface area contributed by atoms with Crippen LogP contribution in [0.1, 0.15) is 48.1 Å². The minimum atomic E-state index is -1.67.